The Morgan fingerprint density at radius 3 is 2.30 bits per heavy atom. The van der Waals surface area contributed by atoms with Crippen LogP contribution in [0.4, 0.5) is 23.0 Å². The fraction of sp³-hybridized carbons (Fsp3) is 0.261. The van der Waals surface area contributed by atoms with Crippen molar-refractivity contribution in [1.29, 1.82) is 0 Å². The van der Waals surface area contributed by atoms with Crippen LogP contribution in [0.1, 0.15) is 12.0 Å². The van der Waals surface area contributed by atoms with Crippen molar-refractivity contribution in [3.63, 3.8) is 0 Å². The van der Waals surface area contributed by atoms with Gasteiger partial charge in [0.1, 0.15) is 0 Å². The predicted octanol–water partition coefficient (Wildman–Crippen LogP) is 2.49. The van der Waals surface area contributed by atoms with Crippen molar-refractivity contribution in [3.8, 4) is 0 Å². The second kappa shape index (κ2) is 8.70. The van der Waals surface area contributed by atoms with Gasteiger partial charge in [0.25, 0.3) is 10.0 Å². The molecule has 0 aliphatic carbocycles. The Labute approximate surface area is 192 Å². The molecule has 10 heteroatoms. The molecule has 0 bridgehead atoms. The van der Waals surface area contributed by atoms with E-state index in [-0.39, 0.29) is 10.8 Å². The Morgan fingerprint density at radius 2 is 1.58 bits per heavy atom. The number of nitrogens with one attached hydrogen (secondary N) is 2. The molecule has 0 radical (unpaired) electrons. The molecule has 0 saturated carbocycles. The van der Waals surface area contributed by atoms with Gasteiger partial charge in [-0.25, -0.2) is 18.4 Å². The molecule has 1 aromatic heterocycles. The summed E-state index contributed by atoms with van der Waals surface area (Å²) in [5.41, 5.74) is 2.96. The van der Waals surface area contributed by atoms with Gasteiger partial charge in [0, 0.05) is 44.0 Å². The topological polar surface area (TPSA) is 108 Å². The number of nitrogens with zero attached hydrogens (tertiary/aromatic N) is 4. The Hall–Kier alpha value is -3.66. The van der Waals surface area contributed by atoms with Crippen LogP contribution >= 0.6 is 0 Å². The van der Waals surface area contributed by atoms with Gasteiger partial charge in [-0.15, -0.1) is 0 Å². The van der Waals surface area contributed by atoms with E-state index < -0.39 is 10.0 Å². The average molecular weight is 465 g/mol. The summed E-state index contributed by atoms with van der Waals surface area (Å²) in [6, 6.07) is 15.0. The van der Waals surface area contributed by atoms with E-state index in [1.807, 2.05) is 18.2 Å². The molecule has 33 heavy (non-hydrogen) atoms. The number of carbonyl (C=O) groups is 1. The number of fused-ring (bicyclic) bond motifs is 1. The fourth-order valence-corrected chi connectivity index (χ4v) is 5.16. The lowest BCUT2D eigenvalue weighted by Crippen LogP contribution is -2.47. The molecule has 1 fully saturated rings. The van der Waals surface area contributed by atoms with Gasteiger partial charge in [-0.2, -0.15) is 0 Å². The van der Waals surface area contributed by atoms with Crippen molar-refractivity contribution in [2.24, 2.45) is 0 Å². The van der Waals surface area contributed by atoms with E-state index in [0.717, 1.165) is 31.7 Å². The molecule has 1 saturated heterocycles. The summed E-state index contributed by atoms with van der Waals surface area (Å²) in [5.74, 6) is 0.519. The van der Waals surface area contributed by atoms with Gasteiger partial charge in [-0.05, 0) is 42.3 Å². The zero-order valence-corrected chi connectivity index (χ0v) is 18.8. The highest BCUT2D eigenvalue weighted by molar-refractivity contribution is 7.92. The molecule has 3 heterocycles. The SMILES string of the molecule is O=C1CCc2cc(S(=O)(=O)Nc3cnc(N4CCN(c5ccccc5)CC4)nc3)ccc2N1. The lowest BCUT2D eigenvalue weighted by Gasteiger charge is -2.36. The first kappa shape index (κ1) is 21.2. The molecule has 170 valence electrons. The highest BCUT2D eigenvalue weighted by Crippen LogP contribution is 2.26. The summed E-state index contributed by atoms with van der Waals surface area (Å²) in [7, 11) is -3.80. The number of aromatic nitrogens is 2. The van der Waals surface area contributed by atoms with Gasteiger partial charge in [0.2, 0.25) is 11.9 Å². The third-order valence-corrected chi connectivity index (χ3v) is 7.24. The number of benzene rings is 2. The second-order valence-electron chi connectivity index (χ2n) is 8.05. The maximum atomic E-state index is 12.8. The lowest BCUT2D eigenvalue weighted by molar-refractivity contribution is -0.116. The largest absolute Gasteiger partial charge is 0.368 e. The minimum Gasteiger partial charge on any atom is -0.368 e. The third-order valence-electron chi connectivity index (χ3n) is 5.86. The number of aryl methyl sites for hydroxylation is 1. The first-order valence-corrected chi connectivity index (χ1v) is 12.3. The molecular formula is C23H24N6O3S. The predicted molar refractivity (Wildman–Crippen MR) is 127 cm³/mol. The first-order valence-electron chi connectivity index (χ1n) is 10.8. The van der Waals surface area contributed by atoms with Gasteiger partial charge < -0.3 is 15.1 Å². The van der Waals surface area contributed by atoms with Crippen molar-refractivity contribution < 1.29 is 13.2 Å². The Kier molecular flexibility index (Phi) is 5.59. The number of hydrogen-bond donors (Lipinski definition) is 2. The Balaban J connectivity index is 1.23. The molecule has 0 atom stereocenters. The van der Waals surface area contributed by atoms with Crippen LogP contribution in [0, 0.1) is 0 Å². The van der Waals surface area contributed by atoms with E-state index in [0.29, 0.717) is 30.2 Å². The van der Waals surface area contributed by atoms with Crippen LogP contribution in [0.3, 0.4) is 0 Å². The van der Waals surface area contributed by atoms with Crippen molar-refractivity contribution in [3.05, 3.63) is 66.5 Å². The summed E-state index contributed by atoms with van der Waals surface area (Å²) in [6.45, 7) is 3.29. The van der Waals surface area contributed by atoms with Crippen LogP contribution in [0.5, 0.6) is 0 Å². The van der Waals surface area contributed by atoms with Crippen LogP contribution in [-0.2, 0) is 21.2 Å². The van der Waals surface area contributed by atoms with Crippen molar-refractivity contribution in [2.75, 3.05) is 46.0 Å². The number of carbonyl (C=O) groups excluding carboxylic acids is 1. The quantitative estimate of drug-likeness (QED) is 0.597. The standard InChI is InChI=1S/C23H24N6O3S/c30-22-9-6-17-14-20(7-8-21(17)26-22)33(31,32)27-18-15-24-23(25-16-18)29-12-10-28(11-13-29)19-4-2-1-3-5-19/h1-5,7-8,14-16,27H,6,9-13H2,(H,26,30). The molecule has 3 aromatic rings. The van der Waals surface area contributed by atoms with Crippen LogP contribution in [0.15, 0.2) is 65.8 Å². The van der Waals surface area contributed by atoms with Gasteiger partial charge in [-0.3, -0.25) is 9.52 Å². The molecule has 2 aromatic carbocycles. The highest BCUT2D eigenvalue weighted by atomic mass is 32.2. The zero-order valence-electron chi connectivity index (χ0n) is 17.9. The molecule has 2 N–H and O–H groups in total. The summed E-state index contributed by atoms with van der Waals surface area (Å²) in [5, 5.41) is 2.76. The fourth-order valence-electron chi connectivity index (χ4n) is 4.08. The van der Waals surface area contributed by atoms with Crippen LogP contribution in [0.2, 0.25) is 0 Å². The summed E-state index contributed by atoms with van der Waals surface area (Å²) in [6.07, 6.45) is 3.84. The third kappa shape index (κ3) is 4.61. The Bertz CT molecular complexity index is 1260. The maximum Gasteiger partial charge on any atom is 0.262 e. The lowest BCUT2D eigenvalue weighted by atomic mass is 10.0. The second-order valence-corrected chi connectivity index (χ2v) is 9.74. The number of sulfonamides is 1. The molecule has 2 aliphatic heterocycles. The van der Waals surface area contributed by atoms with E-state index in [1.165, 1.54) is 24.1 Å². The van der Waals surface area contributed by atoms with Crippen LogP contribution < -0.4 is 19.8 Å². The summed E-state index contributed by atoms with van der Waals surface area (Å²) in [4.78, 5) is 24.8. The zero-order chi connectivity index (χ0) is 22.8. The number of piperazine rings is 1. The number of amides is 1. The van der Waals surface area contributed by atoms with Gasteiger partial charge in [0.05, 0.1) is 23.0 Å². The van der Waals surface area contributed by atoms with E-state index in [4.69, 9.17) is 0 Å². The van der Waals surface area contributed by atoms with Crippen LogP contribution in [-0.4, -0.2) is 50.5 Å². The molecule has 2 aliphatic rings. The molecule has 9 nitrogen and oxygen atoms in total. The monoisotopic (exact) mass is 464 g/mol. The van der Waals surface area contributed by atoms with Crippen molar-refractivity contribution >= 4 is 38.9 Å². The van der Waals surface area contributed by atoms with E-state index in [2.05, 4.69) is 41.9 Å². The highest BCUT2D eigenvalue weighted by Gasteiger charge is 2.22. The minimum atomic E-state index is -3.80. The minimum absolute atomic E-state index is 0.0602. The molecule has 0 spiro atoms. The van der Waals surface area contributed by atoms with E-state index >= 15 is 0 Å². The van der Waals surface area contributed by atoms with E-state index in [9.17, 15) is 13.2 Å². The average Bonchev–Trinajstić information content (AvgIpc) is 2.84. The number of anilines is 4. The molecule has 5 rings (SSSR count). The van der Waals surface area contributed by atoms with Gasteiger partial charge in [0.15, 0.2) is 0 Å². The first-order chi connectivity index (χ1) is 16.0. The maximum absolute atomic E-state index is 12.8. The molecule has 0 unspecified atom stereocenters. The smallest absolute Gasteiger partial charge is 0.262 e. The van der Waals surface area contributed by atoms with Gasteiger partial charge >= 0.3 is 0 Å². The molecule has 1 amide bonds. The van der Waals surface area contributed by atoms with Crippen LogP contribution in [0.25, 0.3) is 0 Å². The number of para-hydroxylation sites is 1. The molecular weight excluding hydrogens is 440 g/mol. The van der Waals surface area contributed by atoms with Crippen molar-refractivity contribution in [1.82, 2.24) is 9.97 Å². The summed E-state index contributed by atoms with van der Waals surface area (Å²) >= 11 is 0. The number of hydrogen-bond acceptors (Lipinski definition) is 7. The Morgan fingerprint density at radius 1 is 0.879 bits per heavy atom. The van der Waals surface area contributed by atoms with Gasteiger partial charge in [-0.1, -0.05) is 18.2 Å². The number of rotatable bonds is 5. The normalized spacial score (nSPS) is 16.2. The van der Waals surface area contributed by atoms with Crippen molar-refractivity contribution in [2.45, 2.75) is 17.7 Å². The summed E-state index contributed by atoms with van der Waals surface area (Å²) < 4.78 is 28.2. The van der Waals surface area contributed by atoms with E-state index in [1.54, 1.807) is 12.1 Å².